The van der Waals surface area contributed by atoms with Gasteiger partial charge in [0.15, 0.2) is 11.6 Å². The molecule has 1 heterocycles. The summed E-state index contributed by atoms with van der Waals surface area (Å²) in [5, 5.41) is 0. The van der Waals surface area contributed by atoms with E-state index in [9.17, 15) is 13.8 Å². The fourth-order valence-electron chi connectivity index (χ4n) is 1.24. The molecule has 12 heavy (non-hydrogen) atoms. The van der Waals surface area contributed by atoms with E-state index in [2.05, 4.69) is 0 Å². The maximum atomic E-state index is 11.3. The highest BCUT2D eigenvalue weighted by atomic mass is 32.2. The van der Waals surface area contributed by atoms with E-state index in [0.29, 0.717) is 0 Å². The first-order chi connectivity index (χ1) is 5.51. The van der Waals surface area contributed by atoms with Crippen molar-refractivity contribution in [3.05, 3.63) is 0 Å². The van der Waals surface area contributed by atoms with Crippen LogP contribution in [0.1, 0.15) is 13.8 Å². The molecule has 1 aliphatic rings. The predicted molar refractivity (Wildman–Crippen MR) is 43.1 cm³/mol. The van der Waals surface area contributed by atoms with Crippen molar-refractivity contribution in [1.82, 2.24) is 0 Å². The highest BCUT2D eigenvalue weighted by Crippen LogP contribution is 2.25. The van der Waals surface area contributed by atoms with Gasteiger partial charge in [-0.25, -0.2) is 0 Å². The van der Waals surface area contributed by atoms with Crippen LogP contribution in [-0.2, 0) is 25.1 Å². The minimum Gasteiger partial charge on any atom is -0.348 e. The lowest BCUT2D eigenvalue weighted by Gasteiger charge is -2.19. The molecule has 68 valence electrons. The molecule has 0 aliphatic carbocycles. The zero-order valence-corrected chi connectivity index (χ0v) is 7.77. The molecule has 0 spiro atoms. The standard InChI is InChI=1S/C7H10O4S/c1-5(8)7(6(2)9)11-3-4-12(7)10/h3-4H2,1-2H3. The Labute approximate surface area is 72.7 Å². The number of ether oxygens (including phenoxy) is 1. The van der Waals surface area contributed by atoms with E-state index >= 15 is 0 Å². The van der Waals surface area contributed by atoms with E-state index in [1.54, 1.807) is 0 Å². The van der Waals surface area contributed by atoms with Gasteiger partial charge in [-0.1, -0.05) is 0 Å². The third kappa shape index (κ3) is 1.13. The van der Waals surface area contributed by atoms with Crippen molar-refractivity contribution in [2.24, 2.45) is 0 Å². The predicted octanol–water partition coefficient (Wildman–Crippen LogP) is -0.360. The summed E-state index contributed by atoms with van der Waals surface area (Å²) in [6.45, 7) is 2.67. The van der Waals surface area contributed by atoms with E-state index in [0.717, 1.165) is 0 Å². The molecule has 0 N–H and O–H groups in total. The largest absolute Gasteiger partial charge is 0.348 e. The Hall–Kier alpha value is -0.550. The number of carbonyl (C=O) groups excluding carboxylic acids is 2. The quantitative estimate of drug-likeness (QED) is 0.558. The molecule has 1 rings (SSSR count). The van der Waals surface area contributed by atoms with Crippen molar-refractivity contribution in [3.8, 4) is 0 Å². The molecule has 0 amide bonds. The molecule has 0 aromatic heterocycles. The highest BCUT2D eigenvalue weighted by molar-refractivity contribution is 7.88. The van der Waals surface area contributed by atoms with Crippen molar-refractivity contribution in [2.45, 2.75) is 18.8 Å². The van der Waals surface area contributed by atoms with Gasteiger partial charge in [-0.2, -0.15) is 0 Å². The Kier molecular flexibility index (Phi) is 2.44. The van der Waals surface area contributed by atoms with Crippen molar-refractivity contribution in [1.29, 1.82) is 0 Å². The molecular weight excluding hydrogens is 180 g/mol. The van der Waals surface area contributed by atoms with Gasteiger partial charge >= 0.3 is 0 Å². The fraction of sp³-hybridized carbons (Fsp3) is 0.714. The van der Waals surface area contributed by atoms with Gasteiger partial charge in [0.25, 0.3) is 4.93 Å². The van der Waals surface area contributed by atoms with E-state index in [1.165, 1.54) is 13.8 Å². The maximum Gasteiger partial charge on any atom is 0.259 e. The summed E-state index contributed by atoms with van der Waals surface area (Å²) < 4.78 is 16.3. The summed E-state index contributed by atoms with van der Waals surface area (Å²) in [7, 11) is -1.50. The molecule has 1 fully saturated rings. The Morgan fingerprint density at radius 3 is 2.00 bits per heavy atom. The molecule has 4 nitrogen and oxygen atoms in total. The second kappa shape index (κ2) is 3.06. The number of carbonyl (C=O) groups is 2. The zero-order valence-electron chi connectivity index (χ0n) is 6.96. The Morgan fingerprint density at radius 1 is 1.33 bits per heavy atom. The summed E-state index contributed by atoms with van der Waals surface area (Å²) >= 11 is 0. The Bertz CT molecular complexity index is 244. The van der Waals surface area contributed by atoms with Crippen LogP contribution in [0.2, 0.25) is 0 Å². The first-order valence-electron chi connectivity index (χ1n) is 3.56. The lowest BCUT2D eigenvalue weighted by molar-refractivity contribution is -0.142. The van der Waals surface area contributed by atoms with Crippen molar-refractivity contribution >= 4 is 22.4 Å². The molecule has 1 saturated heterocycles. The number of hydrogen-bond donors (Lipinski definition) is 0. The second-order valence-corrected chi connectivity index (χ2v) is 4.30. The van der Waals surface area contributed by atoms with Crippen LogP contribution in [0.25, 0.3) is 0 Å². The number of Topliss-reactive ketones (excluding diaryl/α,β-unsaturated/α-hetero) is 2. The van der Waals surface area contributed by atoms with Gasteiger partial charge < -0.3 is 4.74 Å². The van der Waals surface area contributed by atoms with Crippen LogP contribution in [0.3, 0.4) is 0 Å². The van der Waals surface area contributed by atoms with Crippen LogP contribution >= 0.6 is 0 Å². The molecule has 1 unspecified atom stereocenters. The van der Waals surface area contributed by atoms with E-state index < -0.39 is 27.3 Å². The van der Waals surface area contributed by atoms with Gasteiger partial charge in [-0.15, -0.1) is 0 Å². The average Bonchev–Trinajstić information content (AvgIpc) is 2.31. The van der Waals surface area contributed by atoms with Crippen molar-refractivity contribution < 1.29 is 18.5 Å². The van der Waals surface area contributed by atoms with Gasteiger partial charge in [0.2, 0.25) is 0 Å². The monoisotopic (exact) mass is 190 g/mol. The van der Waals surface area contributed by atoms with E-state index in [1.807, 2.05) is 0 Å². The van der Waals surface area contributed by atoms with E-state index in [4.69, 9.17) is 4.74 Å². The lowest BCUT2D eigenvalue weighted by atomic mass is 10.2. The smallest absolute Gasteiger partial charge is 0.259 e. The molecule has 0 radical (unpaired) electrons. The lowest BCUT2D eigenvalue weighted by Crippen LogP contribution is -2.46. The molecule has 0 saturated carbocycles. The summed E-state index contributed by atoms with van der Waals surface area (Å²) in [6, 6.07) is 0. The number of rotatable bonds is 2. The van der Waals surface area contributed by atoms with Gasteiger partial charge in [-0.3, -0.25) is 13.8 Å². The Morgan fingerprint density at radius 2 is 1.83 bits per heavy atom. The molecule has 0 bridgehead atoms. The fourth-order valence-corrected chi connectivity index (χ4v) is 2.62. The first-order valence-corrected chi connectivity index (χ1v) is 4.88. The van der Waals surface area contributed by atoms with Gasteiger partial charge in [-0.05, 0) is 13.8 Å². The topological polar surface area (TPSA) is 60.4 Å². The van der Waals surface area contributed by atoms with Gasteiger partial charge in [0.05, 0.1) is 23.2 Å². The van der Waals surface area contributed by atoms with Gasteiger partial charge in [0, 0.05) is 0 Å². The van der Waals surface area contributed by atoms with Crippen LogP contribution in [0.4, 0.5) is 0 Å². The minimum atomic E-state index is -1.65. The average molecular weight is 190 g/mol. The molecule has 0 aromatic rings. The summed E-state index contributed by atoms with van der Waals surface area (Å²) in [5.41, 5.74) is 0. The molecule has 1 aliphatic heterocycles. The summed E-state index contributed by atoms with van der Waals surface area (Å²) in [6.07, 6.45) is 0. The molecule has 5 heteroatoms. The first kappa shape index (κ1) is 9.54. The van der Waals surface area contributed by atoms with Crippen LogP contribution in [0, 0.1) is 0 Å². The van der Waals surface area contributed by atoms with Crippen LogP contribution in [0.15, 0.2) is 0 Å². The normalized spacial score (nSPS) is 27.0. The zero-order chi connectivity index (χ0) is 9.35. The number of hydrogen-bond acceptors (Lipinski definition) is 4. The third-order valence-corrected chi connectivity index (χ3v) is 3.69. The second-order valence-electron chi connectivity index (χ2n) is 2.63. The van der Waals surface area contributed by atoms with Gasteiger partial charge in [0.1, 0.15) is 0 Å². The minimum absolute atomic E-state index is 0.214. The third-order valence-electron chi connectivity index (χ3n) is 1.82. The van der Waals surface area contributed by atoms with Crippen molar-refractivity contribution in [3.63, 3.8) is 0 Å². The van der Waals surface area contributed by atoms with E-state index in [-0.39, 0.29) is 12.4 Å². The number of ketones is 2. The summed E-state index contributed by atoms with van der Waals surface area (Å²) in [4.78, 5) is 20.5. The molecule has 1 atom stereocenters. The Balaban J connectivity index is 3.10. The summed E-state index contributed by atoms with van der Waals surface area (Å²) in [5.74, 6) is -0.671. The molecule has 0 aromatic carbocycles. The van der Waals surface area contributed by atoms with Crippen LogP contribution in [0.5, 0.6) is 0 Å². The van der Waals surface area contributed by atoms with Crippen molar-refractivity contribution in [2.75, 3.05) is 12.4 Å². The van der Waals surface area contributed by atoms with Crippen LogP contribution in [-0.4, -0.2) is 33.1 Å². The maximum absolute atomic E-state index is 11.3. The highest BCUT2D eigenvalue weighted by Gasteiger charge is 2.51. The SMILES string of the molecule is CC(=O)C1(C(C)=O)OCCS1=O. The van der Waals surface area contributed by atoms with Crippen LogP contribution < -0.4 is 0 Å². The molecular formula is C7H10O4S.